The number of ether oxygens (including phenoxy) is 11. The van der Waals surface area contributed by atoms with Gasteiger partial charge in [0.2, 0.25) is 5.79 Å². The van der Waals surface area contributed by atoms with E-state index in [0.717, 1.165) is 12.7 Å². The van der Waals surface area contributed by atoms with Crippen molar-refractivity contribution in [1.82, 2.24) is 0 Å². The summed E-state index contributed by atoms with van der Waals surface area (Å²) in [6.45, 7) is 15.1. The van der Waals surface area contributed by atoms with Crippen molar-refractivity contribution in [2.45, 2.75) is 291 Å². The Kier molecular flexibility index (Phi) is 21.0. The number of Topliss-reactive ketones (excluding diaryl/α,β-unsaturated/α-hetero) is 1. The predicted molar refractivity (Wildman–Crippen MR) is 291 cm³/mol. The molecule has 33 atom stereocenters. The molecule has 0 aromatic heterocycles. The van der Waals surface area contributed by atoms with Crippen molar-refractivity contribution in [3.8, 4) is 0 Å². The maximum Gasteiger partial charge on any atom is 0.397 e. The van der Waals surface area contributed by atoms with Crippen LogP contribution in [-0.2, 0) is 71.5 Å². The van der Waals surface area contributed by atoms with Crippen LogP contribution in [0, 0.1) is 40.4 Å². The van der Waals surface area contributed by atoms with Gasteiger partial charge in [-0.15, -0.1) is 0 Å². The quantitative estimate of drug-likeness (QED) is 0.0388. The number of hydrogen-bond donors (Lipinski definition) is 14. The summed E-state index contributed by atoms with van der Waals surface area (Å²) >= 11 is 0. The van der Waals surface area contributed by atoms with Crippen LogP contribution in [0.4, 0.5) is 0 Å². The topological polar surface area (TPSA) is 445 Å². The van der Waals surface area contributed by atoms with Gasteiger partial charge in [0.1, 0.15) is 97.3 Å². The van der Waals surface area contributed by atoms with Gasteiger partial charge in [0, 0.05) is 20.0 Å². The standard InChI is InChI=1S/C57H94O29S/c1-21(2)17-26(58)20-56(9,69)33-12-11-29-28-19-32(31-18-27(86-87(72,73)74)13-15-54(31,7)30(28)14-16-55(29,33)8)80-51-43(68)47(57(70,71)25(6)79-51)84-52-46(83-50-40(65)37(62)35(60)23(4)77-50)42(67)44(24(5)78-52)81-53-45(38(63)41(66)48(75-10)85-53)82-49-39(64)36(61)34(59)22(3)76-49/h14,21-25,27-29,31-53,59-71H,11-13,15-20H2,1-10H3,(H,72,73,74)/t22-,23-,24-,25-,27+,28+,29+,31-,32+,33+,34+,35-,36+,37+,38+,39-,40-,41-,42+,43-,44-,45-,46-,47-,48+,49+,50+,51+,52+,53-,54-,55+,56+/m1/s1. The molecule has 30 heteroatoms. The van der Waals surface area contributed by atoms with Gasteiger partial charge >= 0.3 is 10.4 Å². The SMILES string of the molecule is CO[C@H]1O[C@@H](O[C@H]2[C@H](O)[C@@H](O[C@@H]3O[C@H](C)[C@@H](O)[C@H](O)[C@H]3O)[C@H](O[C@@H]3[C@@H](O)[C@H](O[C@H]4C[C@@H]5C(=CC[C@@]6(C)[C@H]5CC[C@@H]6[C@@](C)(O)CC(=O)CC(C)C)[C@@]5(C)CC[C@H](OS(=O)(=O)O)C[C@H]45)O[C@H](C)C3(O)O)O[C@@H]2C)[C@H](O[C@@H]2O[C@H](C)[C@H](O)[C@H](O)[C@H]2O)[C@@H](O)[C@H]1O. The molecule has 5 aliphatic heterocycles. The molecule has 5 heterocycles. The summed E-state index contributed by atoms with van der Waals surface area (Å²) in [7, 11) is -3.79. The van der Waals surface area contributed by atoms with Crippen molar-refractivity contribution < 1.29 is 140 Å². The maximum atomic E-state index is 13.2. The summed E-state index contributed by atoms with van der Waals surface area (Å²) < 4.78 is 106. The molecule has 0 aromatic rings. The number of carbonyl (C=O) groups is 1. The predicted octanol–water partition coefficient (Wildman–Crippen LogP) is -2.36. The fourth-order valence-electron chi connectivity index (χ4n) is 16.0. The lowest BCUT2D eigenvalue weighted by Gasteiger charge is -2.60. The fraction of sp³-hybridized carbons (Fsp3) is 0.947. The van der Waals surface area contributed by atoms with Crippen LogP contribution in [-0.4, -0.2) is 263 Å². The van der Waals surface area contributed by atoms with Crippen molar-refractivity contribution in [1.29, 1.82) is 0 Å². The summed E-state index contributed by atoms with van der Waals surface area (Å²) in [5, 5.41) is 148. The minimum absolute atomic E-state index is 0.0102. The normalized spacial score (nSPS) is 51.0. The monoisotopic (exact) mass is 1270 g/mol. The average Bonchev–Trinajstić information content (AvgIpc) is 1.76. The van der Waals surface area contributed by atoms with E-state index in [-0.39, 0.29) is 55.1 Å². The number of carbonyl (C=O) groups excluding carboxylic acids is 1. The van der Waals surface area contributed by atoms with E-state index in [1.54, 1.807) is 6.92 Å². The van der Waals surface area contributed by atoms with E-state index in [4.69, 9.17) is 56.3 Å². The molecular formula is C57H94O29S. The second kappa shape index (κ2) is 26.3. The minimum atomic E-state index is -4.92. The molecule has 3 saturated carbocycles. The molecule has 29 nitrogen and oxygen atoms in total. The number of aliphatic hydroxyl groups is 13. The summed E-state index contributed by atoms with van der Waals surface area (Å²) in [6, 6.07) is 0. The smallest absolute Gasteiger partial charge is 0.389 e. The van der Waals surface area contributed by atoms with E-state index in [0.29, 0.717) is 32.1 Å². The molecule has 4 aliphatic carbocycles. The first kappa shape index (κ1) is 69.7. The summed E-state index contributed by atoms with van der Waals surface area (Å²) in [5.41, 5.74) is -1.42. The average molecular weight is 1280 g/mol. The third kappa shape index (κ3) is 13.6. The fourth-order valence-corrected chi connectivity index (χ4v) is 16.5. The zero-order valence-corrected chi connectivity index (χ0v) is 51.4. The molecular weight excluding hydrogens is 1180 g/mol. The van der Waals surface area contributed by atoms with Crippen LogP contribution in [0.25, 0.3) is 0 Å². The van der Waals surface area contributed by atoms with Gasteiger partial charge in [0.05, 0.1) is 36.1 Å². The Hall–Kier alpha value is -1.68. The second-order valence-corrected chi connectivity index (χ2v) is 28.2. The highest BCUT2D eigenvalue weighted by Crippen LogP contribution is 2.67. The van der Waals surface area contributed by atoms with E-state index in [1.807, 2.05) is 20.8 Å². The lowest BCUT2D eigenvalue weighted by atomic mass is 9.47. The van der Waals surface area contributed by atoms with Gasteiger partial charge < -0.3 is 118 Å². The lowest BCUT2D eigenvalue weighted by Crippen LogP contribution is -2.70. The number of aliphatic hydroxyl groups excluding tert-OH is 10. The summed E-state index contributed by atoms with van der Waals surface area (Å²) in [4.78, 5) is 13.2. The molecule has 0 unspecified atom stereocenters. The Morgan fingerprint density at radius 1 is 0.644 bits per heavy atom. The minimum Gasteiger partial charge on any atom is -0.389 e. The number of hydrogen-bond acceptors (Lipinski definition) is 28. The number of fused-ring (bicyclic) bond motifs is 5. The van der Waals surface area contributed by atoms with Crippen LogP contribution >= 0.6 is 0 Å². The van der Waals surface area contributed by atoms with Crippen LogP contribution < -0.4 is 0 Å². The van der Waals surface area contributed by atoms with Crippen LogP contribution in [0.3, 0.4) is 0 Å². The van der Waals surface area contributed by atoms with E-state index >= 15 is 0 Å². The van der Waals surface area contributed by atoms with Crippen LogP contribution in [0.1, 0.15) is 120 Å². The molecule has 8 fully saturated rings. The first-order valence-corrected chi connectivity index (χ1v) is 31.7. The van der Waals surface area contributed by atoms with Crippen LogP contribution in [0.15, 0.2) is 11.6 Å². The summed E-state index contributed by atoms with van der Waals surface area (Å²) in [5.74, 6) is -4.15. The number of ketones is 1. The van der Waals surface area contributed by atoms with Crippen molar-refractivity contribution in [3.05, 3.63) is 11.6 Å². The Morgan fingerprint density at radius 2 is 1.18 bits per heavy atom. The zero-order valence-electron chi connectivity index (χ0n) is 50.6. The van der Waals surface area contributed by atoms with Gasteiger partial charge in [-0.05, 0) is 120 Å². The highest BCUT2D eigenvalue weighted by molar-refractivity contribution is 7.80. The lowest BCUT2D eigenvalue weighted by molar-refractivity contribution is -0.435. The molecule has 0 spiro atoms. The molecule has 9 aliphatic rings. The van der Waals surface area contributed by atoms with Crippen molar-refractivity contribution in [2.75, 3.05) is 7.11 Å². The second-order valence-electron chi connectivity index (χ2n) is 27.2. The Morgan fingerprint density at radius 3 is 1.76 bits per heavy atom. The maximum absolute atomic E-state index is 13.2. The van der Waals surface area contributed by atoms with Crippen LogP contribution in [0.2, 0.25) is 0 Å². The van der Waals surface area contributed by atoms with E-state index in [1.165, 1.54) is 27.7 Å². The molecule has 5 saturated heterocycles. The molecule has 502 valence electrons. The molecule has 87 heavy (non-hydrogen) atoms. The third-order valence-electron chi connectivity index (χ3n) is 20.7. The van der Waals surface area contributed by atoms with E-state index in [9.17, 15) is 84.1 Å². The van der Waals surface area contributed by atoms with E-state index < -0.39 is 198 Å². The highest BCUT2D eigenvalue weighted by atomic mass is 32.3. The van der Waals surface area contributed by atoms with Crippen LogP contribution in [0.5, 0.6) is 0 Å². The Labute approximate surface area is 505 Å². The van der Waals surface area contributed by atoms with Crippen molar-refractivity contribution in [2.24, 2.45) is 40.4 Å². The molecule has 0 bridgehead atoms. The van der Waals surface area contributed by atoms with Crippen molar-refractivity contribution >= 4 is 16.2 Å². The van der Waals surface area contributed by atoms with Gasteiger partial charge in [0.15, 0.2) is 37.7 Å². The number of rotatable bonds is 18. The molecule has 0 amide bonds. The highest BCUT2D eigenvalue weighted by Gasteiger charge is 2.65. The molecule has 14 N–H and O–H groups in total. The third-order valence-corrected chi connectivity index (χ3v) is 21.2. The van der Waals surface area contributed by atoms with Gasteiger partial charge in [-0.25, -0.2) is 4.18 Å². The first-order chi connectivity index (χ1) is 40.4. The Bertz CT molecular complexity index is 2510. The number of methoxy groups -OCH3 is 1. The van der Waals surface area contributed by atoms with Gasteiger partial charge in [-0.3, -0.25) is 9.35 Å². The number of allylic oxidation sites excluding steroid dienone is 2. The molecule has 9 rings (SSSR count). The molecule has 0 aromatic carbocycles. The first-order valence-electron chi connectivity index (χ1n) is 30.4. The van der Waals surface area contributed by atoms with Crippen molar-refractivity contribution in [3.63, 3.8) is 0 Å². The van der Waals surface area contributed by atoms with Gasteiger partial charge in [-0.2, -0.15) is 8.42 Å². The van der Waals surface area contributed by atoms with Gasteiger partial charge in [0.25, 0.3) is 0 Å². The van der Waals surface area contributed by atoms with E-state index in [2.05, 4.69) is 13.0 Å². The van der Waals surface area contributed by atoms with Gasteiger partial charge in [-0.1, -0.05) is 39.3 Å². The Balaban J connectivity index is 1.01. The molecule has 0 radical (unpaired) electrons. The summed E-state index contributed by atoms with van der Waals surface area (Å²) in [6.07, 6.45) is -39.7. The largest absolute Gasteiger partial charge is 0.397 e. The zero-order chi connectivity index (χ0) is 64.1.